The number of hydrogen-bond acceptors (Lipinski definition) is 6. The fraction of sp³-hybridized carbons (Fsp3) is 0.767. The Labute approximate surface area is 233 Å². The number of ether oxygens (including phenoxy) is 1. The average Bonchev–Trinajstić information content (AvgIpc) is 3.44. The molecule has 8 heteroatoms. The summed E-state index contributed by atoms with van der Waals surface area (Å²) >= 11 is 1.63. The second-order valence-corrected chi connectivity index (χ2v) is 15.1. The van der Waals surface area contributed by atoms with Crippen LogP contribution in [-0.4, -0.2) is 80.1 Å². The molecule has 1 N–H and O–H groups in total. The van der Waals surface area contributed by atoms with Crippen LogP contribution in [0.15, 0.2) is 25.3 Å². The first-order valence-corrected chi connectivity index (χ1v) is 14.8. The molecule has 0 aromatic carbocycles. The molecule has 214 valence electrons. The van der Waals surface area contributed by atoms with Crippen molar-refractivity contribution in [3.05, 3.63) is 25.3 Å². The Kier molecular flexibility index (Phi) is 9.19. The zero-order valence-electron chi connectivity index (χ0n) is 24.4. The summed E-state index contributed by atoms with van der Waals surface area (Å²) in [7, 11) is 0. The van der Waals surface area contributed by atoms with Gasteiger partial charge in [-0.25, -0.2) is 0 Å². The highest BCUT2D eigenvalue weighted by atomic mass is 32.2. The van der Waals surface area contributed by atoms with Gasteiger partial charge in [-0.05, 0) is 50.9 Å². The topological polar surface area (TPSA) is 87.1 Å². The van der Waals surface area contributed by atoms with Crippen molar-refractivity contribution in [2.45, 2.75) is 102 Å². The molecular weight excluding hydrogens is 500 g/mol. The summed E-state index contributed by atoms with van der Waals surface area (Å²) in [6.45, 7) is 22.5. The van der Waals surface area contributed by atoms with Crippen LogP contribution in [0.1, 0.15) is 74.1 Å². The Morgan fingerprint density at radius 1 is 1.24 bits per heavy atom. The third kappa shape index (κ3) is 5.58. The molecule has 2 amide bonds. The van der Waals surface area contributed by atoms with Crippen molar-refractivity contribution < 1.29 is 24.2 Å². The Bertz CT molecular complexity index is 941. The van der Waals surface area contributed by atoms with Gasteiger partial charge in [0.1, 0.15) is 12.6 Å². The number of aliphatic hydroxyl groups is 1. The van der Waals surface area contributed by atoms with E-state index in [1.54, 1.807) is 22.7 Å². The molecule has 3 aliphatic rings. The number of hydrogen-bond donors (Lipinski definition) is 1. The molecule has 3 heterocycles. The molecule has 7 nitrogen and oxygen atoms in total. The first-order valence-electron chi connectivity index (χ1n) is 14.0. The van der Waals surface area contributed by atoms with Gasteiger partial charge in [0.05, 0.1) is 29.2 Å². The first-order chi connectivity index (χ1) is 17.6. The van der Waals surface area contributed by atoms with Gasteiger partial charge in [-0.1, -0.05) is 53.3 Å². The monoisotopic (exact) mass is 548 g/mol. The second kappa shape index (κ2) is 11.4. The predicted octanol–water partition coefficient (Wildman–Crippen LogP) is 4.44. The minimum atomic E-state index is -0.762. The van der Waals surface area contributed by atoms with E-state index in [0.29, 0.717) is 19.4 Å². The van der Waals surface area contributed by atoms with Crippen molar-refractivity contribution >= 4 is 29.5 Å². The largest absolute Gasteiger partial charge is 0.461 e. The molecule has 0 radical (unpaired) electrons. The summed E-state index contributed by atoms with van der Waals surface area (Å²) in [6, 6.07) is -1.26. The molecule has 2 bridgehead atoms. The van der Waals surface area contributed by atoms with E-state index in [-0.39, 0.29) is 41.6 Å². The summed E-state index contributed by atoms with van der Waals surface area (Å²) in [5.41, 5.74) is -0.523. The highest BCUT2D eigenvalue weighted by molar-refractivity contribution is 8.02. The molecule has 3 fully saturated rings. The molecule has 6 atom stereocenters. The van der Waals surface area contributed by atoms with Gasteiger partial charge in [-0.3, -0.25) is 14.4 Å². The number of carbonyl (C=O) groups is 3. The van der Waals surface area contributed by atoms with Gasteiger partial charge in [0, 0.05) is 17.3 Å². The summed E-state index contributed by atoms with van der Waals surface area (Å²) in [5.74, 6) is -1.75. The lowest BCUT2D eigenvalue weighted by Crippen LogP contribution is -2.61. The second-order valence-electron chi connectivity index (χ2n) is 13.5. The van der Waals surface area contributed by atoms with Crippen molar-refractivity contribution in [3.8, 4) is 0 Å². The zero-order chi connectivity index (χ0) is 28.6. The number of likely N-dealkylation sites (tertiary alicyclic amines) is 1. The molecule has 0 aromatic heterocycles. The third-order valence-electron chi connectivity index (χ3n) is 8.21. The van der Waals surface area contributed by atoms with Crippen LogP contribution in [0, 0.1) is 23.2 Å². The van der Waals surface area contributed by atoms with Gasteiger partial charge in [0.25, 0.3) is 0 Å². The number of thioether (sulfide) groups is 1. The van der Waals surface area contributed by atoms with Crippen molar-refractivity contribution in [1.82, 2.24) is 9.80 Å². The van der Waals surface area contributed by atoms with Gasteiger partial charge >= 0.3 is 5.97 Å². The van der Waals surface area contributed by atoms with Crippen LogP contribution in [0.3, 0.4) is 0 Å². The molecule has 0 aromatic rings. The number of rotatable bonds is 12. The van der Waals surface area contributed by atoms with Crippen LogP contribution >= 0.6 is 11.8 Å². The first kappa shape index (κ1) is 30.7. The SMILES string of the molecule is C=CCOC(=O)[C@@H]1[C@H]2C(=O)N([C@@H](CO)CC(C)C)C(C(=O)N(CC=C)C(C)(C)CC(C)(C)C)C23CC[C@H]1S3. The number of amides is 2. The quantitative estimate of drug-likeness (QED) is 0.287. The Balaban J connectivity index is 2.13. The predicted molar refractivity (Wildman–Crippen MR) is 153 cm³/mol. The number of fused-ring (bicyclic) bond motifs is 1. The highest BCUT2D eigenvalue weighted by Gasteiger charge is 2.75. The van der Waals surface area contributed by atoms with Gasteiger partial charge in [-0.15, -0.1) is 18.3 Å². The van der Waals surface area contributed by atoms with Gasteiger partial charge < -0.3 is 19.6 Å². The molecule has 0 saturated carbocycles. The smallest absolute Gasteiger partial charge is 0.311 e. The van der Waals surface area contributed by atoms with Crippen LogP contribution in [0.5, 0.6) is 0 Å². The van der Waals surface area contributed by atoms with Crippen LogP contribution in [0.4, 0.5) is 0 Å². The Morgan fingerprint density at radius 2 is 1.89 bits per heavy atom. The third-order valence-corrected chi connectivity index (χ3v) is 10.2. The average molecular weight is 549 g/mol. The lowest BCUT2D eigenvalue weighted by molar-refractivity contribution is -0.153. The van der Waals surface area contributed by atoms with Gasteiger partial charge in [-0.2, -0.15) is 0 Å². The van der Waals surface area contributed by atoms with E-state index in [2.05, 4.69) is 47.8 Å². The minimum absolute atomic E-state index is 0.0267. The number of esters is 1. The molecule has 1 spiro atoms. The summed E-state index contributed by atoms with van der Waals surface area (Å²) in [6.07, 6.45) is 6.03. The van der Waals surface area contributed by atoms with E-state index in [9.17, 15) is 19.5 Å². The van der Waals surface area contributed by atoms with Crippen LogP contribution < -0.4 is 0 Å². The fourth-order valence-electron chi connectivity index (χ4n) is 7.39. The lowest BCUT2D eigenvalue weighted by atomic mass is 9.71. The number of aliphatic hydroxyl groups excluding tert-OH is 1. The molecule has 3 saturated heterocycles. The zero-order valence-corrected chi connectivity index (χ0v) is 25.2. The van der Waals surface area contributed by atoms with Crippen molar-refractivity contribution in [2.24, 2.45) is 23.2 Å². The molecule has 3 rings (SSSR count). The molecule has 2 unspecified atom stereocenters. The number of carbonyl (C=O) groups excluding carboxylic acids is 3. The molecule has 3 aliphatic heterocycles. The van der Waals surface area contributed by atoms with E-state index in [0.717, 1.165) is 12.8 Å². The van der Waals surface area contributed by atoms with Crippen LogP contribution in [0.25, 0.3) is 0 Å². The molecule has 38 heavy (non-hydrogen) atoms. The van der Waals surface area contributed by atoms with Crippen molar-refractivity contribution in [2.75, 3.05) is 19.8 Å². The fourth-order valence-corrected chi connectivity index (χ4v) is 9.58. The van der Waals surface area contributed by atoms with E-state index in [4.69, 9.17) is 4.74 Å². The lowest BCUT2D eigenvalue weighted by Gasteiger charge is -2.46. The van der Waals surface area contributed by atoms with Crippen LogP contribution in [0.2, 0.25) is 0 Å². The summed E-state index contributed by atoms with van der Waals surface area (Å²) in [4.78, 5) is 45.8. The van der Waals surface area contributed by atoms with Crippen molar-refractivity contribution in [1.29, 1.82) is 0 Å². The maximum absolute atomic E-state index is 14.8. The maximum Gasteiger partial charge on any atom is 0.311 e. The summed E-state index contributed by atoms with van der Waals surface area (Å²) in [5, 5.41) is 10.4. The Hall–Kier alpha value is -1.80. The van der Waals surface area contributed by atoms with Gasteiger partial charge in [0.2, 0.25) is 11.8 Å². The maximum atomic E-state index is 14.8. The van der Waals surface area contributed by atoms with Crippen molar-refractivity contribution in [3.63, 3.8) is 0 Å². The van der Waals surface area contributed by atoms with E-state index < -0.39 is 40.2 Å². The van der Waals surface area contributed by atoms with E-state index >= 15 is 0 Å². The molecular formula is C30H48N2O5S. The summed E-state index contributed by atoms with van der Waals surface area (Å²) < 4.78 is 4.74. The molecule has 0 aliphatic carbocycles. The highest BCUT2D eigenvalue weighted by Crippen LogP contribution is 2.67. The standard InChI is InChI=1S/C30H48N2O5S/c1-10-14-31(29(8,9)18-28(5,6)7)26(35)24-30-13-12-21(38-30)22(27(36)37-15-11-2)23(30)25(34)32(24)20(17-33)16-19(3)4/h10-11,19-24,33H,1-2,12-18H2,3-9H3/t20-,21-,22+,23+,24?,30?/m1/s1. The van der Waals surface area contributed by atoms with Gasteiger partial charge in [0.15, 0.2) is 0 Å². The van der Waals surface area contributed by atoms with E-state index in [1.807, 2.05) is 18.7 Å². The van der Waals surface area contributed by atoms with E-state index in [1.165, 1.54) is 6.08 Å². The Morgan fingerprint density at radius 3 is 2.42 bits per heavy atom. The van der Waals surface area contributed by atoms with Crippen LogP contribution in [-0.2, 0) is 19.1 Å². The number of nitrogens with zero attached hydrogens (tertiary/aromatic N) is 2. The minimum Gasteiger partial charge on any atom is -0.461 e. The normalized spacial score (nSPS) is 29.4.